The number of hydrogen-bond acceptors (Lipinski definition) is 1. The van der Waals surface area contributed by atoms with Gasteiger partial charge in [-0.3, -0.25) is 4.79 Å². The molecule has 2 heteroatoms. The average molecular weight is 348 g/mol. The van der Waals surface area contributed by atoms with Crippen LogP contribution in [0.2, 0.25) is 0 Å². The number of rotatable bonds is 5. The summed E-state index contributed by atoms with van der Waals surface area (Å²) in [6.45, 7) is 0. The average Bonchev–Trinajstić information content (AvgIpc) is 2.68. The molecule has 1 N–H and O–H groups in total. The van der Waals surface area contributed by atoms with Gasteiger partial charge in [-0.05, 0) is 97.6 Å². The van der Waals surface area contributed by atoms with E-state index < -0.39 is 5.97 Å². The van der Waals surface area contributed by atoms with Crippen LogP contribution in [0.25, 0.3) is 0 Å². The Bertz CT molecular complexity index is 744. The molecule has 0 heterocycles. The van der Waals surface area contributed by atoms with Gasteiger partial charge in [0.2, 0.25) is 0 Å². The topological polar surface area (TPSA) is 37.3 Å². The van der Waals surface area contributed by atoms with E-state index in [1.54, 1.807) is 0 Å². The van der Waals surface area contributed by atoms with Gasteiger partial charge in [-0.25, -0.2) is 0 Å². The van der Waals surface area contributed by atoms with Crippen molar-refractivity contribution in [3.8, 4) is 0 Å². The zero-order valence-corrected chi connectivity index (χ0v) is 15.5. The van der Waals surface area contributed by atoms with Gasteiger partial charge in [-0.1, -0.05) is 36.4 Å². The van der Waals surface area contributed by atoms with Crippen LogP contribution < -0.4 is 0 Å². The number of carbonyl (C=O) groups is 1. The Balaban J connectivity index is 1.59. The van der Waals surface area contributed by atoms with Crippen LogP contribution in [0.1, 0.15) is 59.1 Å². The normalized spacial score (nSPS) is 16.2. The van der Waals surface area contributed by atoms with E-state index in [2.05, 4.69) is 36.4 Å². The zero-order chi connectivity index (χ0) is 17.9. The second kappa shape index (κ2) is 7.65. The first-order valence-corrected chi connectivity index (χ1v) is 10.1. The second-order valence-electron chi connectivity index (χ2n) is 7.97. The third-order valence-corrected chi connectivity index (χ3v) is 6.27. The van der Waals surface area contributed by atoms with Crippen LogP contribution >= 0.6 is 0 Å². The largest absolute Gasteiger partial charge is 0.481 e. The lowest BCUT2D eigenvalue weighted by atomic mass is 9.81. The molecule has 136 valence electrons. The highest BCUT2D eigenvalue weighted by Gasteiger charge is 2.24. The highest BCUT2D eigenvalue weighted by molar-refractivity contribution is 5.71. The molecule has 0 bridgehead atoms. The van der Waals surface area contributed by atoms with Crippen molar-refractivity contribution >= 4 is 5.97 Å². The van der Waals surface area contributed by atoms with Crippen molar-refractivity contribution in [3.63, 3.8) is 0 Å². The maximum atomic E-state index is 12.0. The number of aryl methyl sites for hydroxylation is 2. The molecule has 4 rings (SSSR count). The van der Waals surface area contributed by atoms with E-state index in [0.717, 1.165) is 25.7 Å². The van der Waals surface area contributed by atoms with Crippen LogP contribution in [0.4, 0.5) is 0 Å². The Morgan fingerprint density at radius 1 is 0.769 bits per heavy atom. The van der Waals surface area contributed by atoms with Gasteiger partial charge in [-0.2, -0.15) is 0 Å². The molecule has 0 aliphatic heterocycles. The minimum absolute atomic E-state index is 0.336. The lowest BCUT2D eigenvalue weighted by molar-refractivity contribution is -0.141. The summed E-state index contributed by atoms with van der Waals surface area (Å²) in [6, 6.07) is 13.0. The van der Waals surface area contributed by atoms with Crippen LogP contribution in [-0.4, -0.2) is 11.1 Å². The summed E-state index contributed by atoms with van der Waals surface area (Å²) >= 11 is 0. The monoisotopic (exact) mass is 348 g/mol. The molecule has 0 radical (unpaired) electrons. The van der Waals surface area contributed by atoms with Gasteiger partial charge >= 0.3 is 5.97 Å². The molecule has 2 nitrogen and oxygen atoms in total. The van der Waals surface area contributed by atoms with Crippen molar-refractivity contribution in [2.45, 2.75) is 64.2 Å². The molecule has 2 aromatic carbocycles. The summed E-state index contributed by atoms with van der Waals surface area (Å²) in [5.74, 6) is -0.997. The maximum absolute atomic E-state index is 12.0. The highest BCUT2D eigenvalue weighted by Crippen LogP contribution is 2.29. The highest BCUT2D eigenvalue weighted by atomic mass is 16.4. The molecule has 0 saturated heterocycles. The molecular weight excluding hydrogens is 320 g/mol. The molecule has 2 aliphatic rings. The van der Waals surface area contributed by atoms with Gasteiger partial charge in [0.05, 0.1) is 5.92 Å². The number of carboxylic acids is 1. The van der Waals surface area contributed by atoms with E-state index in [9.17, 15) is 9.90 Å². The Morgan fingerprint density at radius 2 is 1.23 bits per heavy atom. The summed E-state index contributed by atoms with van der Waals surface area (Å²) in [7, 11) is 0. The first-order valence-electron chi connectivity index (χ1n) is 10.1. The molecule has 0 saturated carbocycles. The summed E-state index contributed by atoms with van der Waals surface area (Å²) in [5.41, 5.74) is 8.27. The van der Waals surface area contributed by atoms with Crippen molar-refractivity contribution in [3.05, 3.63) is 69.8 Å². The van der Waals surface area contributed by atoms with E-state index in [0.29, 0.717) is 12.8 Å². The summed E-state index contributed by atoms with van der Waals surface area (Å²) in [5, 5.41) is 9.90. The van der Waals surface area contributed by atoms with Crippen molar-refractivity contribution in [1.29, 1.82) is 0 Å². The first kappa shape index (κ1) is 17.3. The molecular formula is C24H28O2. The Labute approximate surface area is 156 Å². The molecule has 0 atom stereocenters. The molecule has 0 unspecified atom stereocenters. The van der Waals surface area contributed by atoms with Crippen molar-refractivity contribution in [2.75, 3.05) is 0 Å². The number of aliphatic carboxylic acids is 1. The predicted octanol–water partition coefficient (Wildman–Crippen LogP) is 4.93. The third-order valence-electron chi connectivity index (χ3n) is 6.27. The van der Waals surface area contributed by atoms with Crippen LogP contribution in [-0.2, 0) is 43.3 Å². The molecule has 0 amide bonds. The Hall–Kier alpha value is -2.09. The van der Waals surface area contributed by atoms with Gasteiger partial charge < -0.3 is 5.11 Å². The van der Waals surface area contributed by atoms with E-state index >= 15 is 0 Å². The second-order valence-corrected chi connectivity index (χ2v) is 7.97. The predicted molar refractivity (Wildman–Crippen MR) is 105 cm³/mol. The molecule has 0 spiro atoms. The van der Waals surface area contributed by atoms with E-state index in [-0.39, 0.29) is 5.92 Å². The maximum Gasteiger partial charge on any atom is 0.307 e. The zero-order valence-electron chi connectivity index (χ0n) is 15.5. The first-order chi connectivity index (χ1) is 12.7. The number of carboxylic acid groups (broad SMARTS) is 1. The summed E-state index contributed by atoms with van der Waals surface area (Å²) in [6.07, 6.45) is 10.8. The minimum Gasteiger partial charge on any atom is -0.481 e. The number of fused-ring (bicyclic) bond motifs is 2. The Morgan fingerprint density at radius 3 is 1.69 bits per heavy atom. The standard InChI is InChI=1S/C24H28O2/c25-24(26)21(15-19-11-5-9-17-7-1-3-13-22(17)19)16-20-12-6-10-18-8-2-4-14-23(18)20/h5-6,9-12,21H,1-4,7-8,13-16H2,(H,25,26). The van der Waals surface area contributed by atoms with Crippen LogP contribution in [0.15, 0.2) is 36.4 Å². The SMILES string of the molecule is O=C(O)C(Cc1cccc2c1CCCC2)Cc1cccc2c1CCCC2. The van der Waals surface area contributed by atoms with Gasteiger partial charge in [0.15, 0.2) is 0 Å². The van der Waals surface area contributed by atoms with Crippen LogP contribution in [0.5, 0.6) is 0 Å². The lowest BCUT2D eigenvalue weighted by Gasteiger charge is -2.23. The molecule has 2 aromatic rings. The van der Waals surface area contributed by atoms with Gasteiger partial charge in [0, 0.05) is 0 Å². The van der Waals surface area contributed by atoms with E-state index in [1.165, 1.54) is 59.1 Å². The third kappa shape index (κ3) is 3.56. The lowest BCUT2D eigenvalue weighted by Crippen LogP contribution is -2.22. The molecule has 2 aliphatic carbocycles. The summed E-state index contributed by atoms with van der Waals surface area (Å²) in [4.78, 5) is 12.0. The molecule has 0 fully saturated rings. The molecule has 26 heavy (non-hydrogen) atoms. The summed E-state index contributed by atoms with van der Waals surface area (Å²) < 4.78 is 0. The number of hydrogen-bond donors (Lipinski definition) is 1. The van der Waals surface area contributed by atoms with Crippen molar-refractivity contribution in [2.24, 2.45) is 5.92 Å². The fourth-order valence-electron chi connectivity index (χ4n) is 4.88. The fourth-order valence-corrected chi connectivity index (χ4v) is 4.88. The quantitative estimate of drug-likeness (QED) is 0.832. The number of benzene rings is 2. The van der Waals surface area contributed by atoms with Gasteiger partial charge in [-0.15, -0.1) is 0 Å². The smallest absolute Gasteiger partial charge is 0.307 e. The van der Waals surface area contributed by atoms with E-state index in [1.807, 2.05) is 0 Å². The fraction of sp³-hybridized carbons (Fsp3) is 0.458. The van der Waals surface area contributed by atoms with Crippen LogP contribution in [0, 0.1) is 5.92 Å². The molecule has 0 aromatic heterocycles. The van der Waals surface area contributed by atoms with Crippen molar-refractivity contribution < 1.29 is 9.90 Å². The van der Waals surface area contributed by atoms with Crippen LogP contribution in [0.3, 0.4) is 0 Å². The van der Waals surface area contributed by atoms with E-state index in [4.69, 9.17) is 0 Å². The van der Waals surface area contributed by atoms with Crippen molar-refractivity contribution in [1.82, 2.24) is 0 Å². The Kier molecular flexibility index (Phi) is 5.10. The van der Waals surface area contributed by atoms with Gasteiger partial charge in [0.1, 0.15) is 0 Å². The minimum atomic E-state index is -0.660. The van der Waals surface area contributed by atoms with Gasteiger partial charge in [0.25, 0.3) is 0 Å².